The lowest BCUT2D eigenvalue weighted by Crippen LogP contribution is -2.20. The monoisotopic (exact) mass is 286 g/mol. The summed E-state index contributed by atoms with van der Waals surface area (Å²) in [6.45, 7) is 5.64. The predicted octanol–water partition coefficient (Wildman–Crippen LogP) is 2.18. The summed E-state index contributed by atoms with van der Waals surface area (Å²) in [6, 6.07) is 5.97. The van der Waals surface area contributed by atoms with Crippen molar-refractivity contribution in [2.24, 2.45) is 0 Å². The lowest BCUT2D eigenvalue weighted by molar-refractivity contribution is 0.0690. The Morgan fingerprint density at radius 2 is 1.90 bits per heavy atom. The van der Waals surface area contributed by atoms with E-state index < -0.39 is 5.97 Å². The van der Waals surface area contributed by atoms with Gasteiger partial charge >= 0.3 is 5.97 Å². The molecule has 21 heavy (non-hydrogen) atoms. The van der Waals surface area contributed by atoms with Crippen molar-refractivity contribution >= 4 is 11.8 Å². The van der Waals surface area contributed by atoms with Gasteiger partial charge in [-0.05, 0) is 43.9 Å². The molecule has 1 fully saturated rings. The van der Waals surface area contributed by atoms with E-state index in [1.165, 1.54) is 4.80 Å². The van der Waals surface area contributed by atoms with Gasteiger partial charge in [0, 0.05) is 13.1 Å². The van der Waals surface area contributed by atoms with E-state index in [0.717, 1.165) is 42.7 Å². The van der Waals surface area contributed by atoms with Crippen molar-refractivity contribution in [2.75, 3.05) is 18.0 Å². The molecule has 3 rings (SSSR count). The maximum absolute atomic E-state index is 11.4. The Morgan fingerprint density at radius 3 is 2.57 bits per heavy atom. The van der Waals surface area contributed by atoms with Crippen molar-refractivity contribution in [3.8, 4) is 5.69 Å². The van der Waals surface area contributed by atoms with Crippen molar-refractivity contribution in [3.63, 3.8) is 0 Å². The highest BCUT2D eigenvalue weighted by molar-refractivity contribution is 5.91. The molecule has 2 aromatic rings. The Kier molecular flexibility index (Phi) is 3.37. The van der Waals surface area contributed by atoms with E-state index in [1.807, 2.05) is 36.9 Å². The molecule has 0 saturated carbocycles. The molecule has 0 unspecified atom stereocenters. The minimum Gasteiger partial charge on any atom is -0.476 e. The van der Waals surface area contributed by atoms with Gasteiger partial charge in [-0.3, -0.25) is 0 Å². The first-order chi connectivity index (χ1) is 10.1. The average Bonchev–Trinajstić information content (AvgIpc) is 3.09. The summed E-state index contributed by atoms with van der Waals surface area (Å²) in [5.74, 6) is -0.561. The van der Waals surface area contributed by atoms with Gasteiger partial charge in [0.05, 0.1) is 5.69 Å². The highest BCUT2D eigenvalue weighted by atomic mass is 16.4. The summed E-state index contributed by atoms with van der Waals surface area (Å²) < 4.78 is 0. The molecule has 0 amide bonds. The maximum atomic E-state index is 11.4. The summed E-state index contributed by atoms with van der Waals surface area (Å²) in [7, 11) is 0. The second-order valence-corrected chi connectivity index (χ2v) is 5.45. The van der Waals surface area contributed by atoms with Crippen LogP contribution in [-0.4, -0.2) is 39.2 Å². The molecule has 0 bridgehead atoms. The topological polar surface area (TPSA) is 71.2 Å². The van der Waals surface area contributed by atoms with Gasteiger partial charge in [0.15, 0.2) is 5.82 Å². The van der Waals surface area contributed by atoms with Gasteiger partial charge in [-0.2, -0.15) is 0 Å². The maximum Gasteiger partial charge on any atom is 0.360 e. The van der Waals surface area contributed by atoms with E-state index in [9.17, 15) is 9.90 Å². The number of anilines is 1. The molecular formula is C15H18N4O2. The van der Waals surface area contributed by atoms with Crippen LogP contribution in [0.4, 0.5) is 5.82 Å². The Balaban J connectivity index is 2.09. The van der Waals surface area contributed by atoms with E-state index in [2.05, 4.69) is 10.2 Å². The van der Waals surface area contributed by atoms with Gasteiger partial charge in [0.25, 0.3) is 0 Å². The van der Waals surface area contributed by atoms with E-state index >= 15 is 0 Å². The van der Waals surface area contributed by atoms with Crippen LogP contribution >= 0.6 is 0 Å². The van der Waals surface area contributed by atoms with Crippen molar-refractivity contribution < 1.29 is 9.90 Å². The second-order valence-electron chi connectivity index (χ2n) is 5.45. The Bertz CT molecular complexity index is 687. The average molecular weight is 286 g/mol. The SMILES string of the molecule is Cc1ccc(C)c(-n2nc(C(=O)O)c(N3CCCC3)n2)c1. The van der Waals surface area contributed by atoms with Crippen LogP contribution in [0.2, 0.25) is 0 Å². The number of aryl methyl sites for hydroxylation is 2. The molecule has 1 aromatic heterocycles. The van der Waals surface area contributed by atoms with Crippen LogP contribution in [0, 0.1) is 13.8 Å². The summed E-state index contributed by atoms with van der Waals surface area (Å²) in [6.07, 6.45) is 2.13. The number of rotatable bonds is 3. The third-order valence-corrected chi connectivity index (χ3v) is 3.78. The summed E-state index contributed by atoms with van der Waals surface area (Å²) in [5, 5.41) is 18.0. The van der Waals surface area contributed by atoms with Crippen LogP contribution in [0.3, 0.4) is 0 Å². The number of aromatic carboxylic acids is 1. The van der Waals surface area contributed by atoms with Crippen molar-refractivity contribution in [1.29, 1.82) is 0 Å². The number of hydrogen-bond donors (Lipinski definition) is 1. The smallest absolute Gasteiger partial charge is 0.360 e. The third-order valence-electron chi connectivity index (χ3n) is 3.78. The van der Waals surface area contributed by atoms with Crippen LogP contribution < -0.4 is 4.90 Å². The zero-order valence-electron chi connectivity index (χ0n) is 12.2. The number of carboxylic acids is 1. The van der Waals surface area contributed by atoms with Crippen LogP contribution in [0.15, 0.2) is 18.2 Å². The van der Waals surface area contributed by atoms with Crippen LogP contribution in [-0.2, 0) is 0 Å². The molecule has 1 saturated heterocycles. The van der Waals surface area contributed by atoms with Crippen LogP contribution in [0.1, 0.15) is 34.5 Å². The molecule has 1 aromatic carbocycles. The summed E-state index contributed by atoms with van der Waals surface area (Å²) in [5.41, 5.74) is 2.95. The molecule has 0 aliphatic carbocycles. The summed E-state index contributed by atoms with van der Waals surface area (Å²) in [4.78, 5) is 14.9. The first kappa shape index (κ1) is 13.6. The molecule has 6 heteroatoms. The standard InChI is InChI=1S/C15H18N4O2/c1-10-5-6-11(2)12(9-10)19-16-13(15(20)21)14(17-19)18-7-3-4-8-18/h5-6,9H,3-4,7-8H2,1-2H3,(H,20,21). The normalized spacial score (nSPS) is 14.7. The Hall–Kier alpha value is -2.37. The lowest BCUT2D eigenvalue weighted by Gasteiger charge is -2.13. The first-order valence-corrected chi connectivity index (χ1v) is 7.09. The summed E-state index contributed by atoms with van der Waals surface area (Å²) >= 11 is 0. The number of carbonyl (C=O) groups is 1. The fourth-order valence-electron chi connectivity index (χ4n) is 2.62. The molecule has 0 radical (unpaired) electrons. The second kappa shape index (κ2) is 5.20. The van der Waals surface area contributed by atoms with E-state index in [0.29, 0.717) is 5.82 Å². The quantitative estimate of drug-likeness (QED) is 0.936. The molecule has 0 atom stereocenters. The van der Waals surface area contributed by atoms with Gasteiger partial charge < -0.3 is 10.0 Å². The van der Waals surface area contributed by atoms with Gasteiger partial charge in [-0.25, -0.2) is 4.79 Å². The molecule has 6 nitrogen and oxygen atoms in total. The number of hydrogen-bond acceptors (Lipinski definition) is 4. The molecule has 1 aliphatic heterocycles. The molecule has 0 spiro atoms. The van der Waals surface area contributed by atoms with Gasteiger partial charge in [0.2, 0.25) is 5.69 Å². The van der Waals surface area contributed by atoms with Gasteiger partial charge in [-0.1, -0.05) is 12.1 Å². The third kappa shape index (κ3) is 2.49. The minimum atomic E-state index is -1.03. The van der Waals surface area contributed by atoms with Crippen LogP contribution in [0.25, 0.3) is 5.69 Å². The zero-order valence-corrected chi connectivity index (χ0v) is 12.2. The fraction of sp³-hybridized carbons (Fsp3) is 0.400. The fourth-order valence-corrected chi connectivity index (χ4v) is 2.62. The Labute approximate surface area is 123 Å². The highest BCUT2D eigenvalue weighted by Crippen LogP contribution is 2.23. The van der Waals surface area contributed by atoms with Crippen molar-refractivity contribution in [1.82, 2.24) is 15.0 Å². The number of aromatic nitrogens is 3. The molecule has 1 N–H and O–H groups in total. The number of benzene rings is 1. The first-order valence-electron chi connectivity index (χ1n) is 7.09. The number of carboxylic acid groups (broad SMARTS) is 1. The molecule has 1 aliphatic rings. The predicted molar refractivity (Wildman–Crippen MR) is 79.2 cm³/mol. The van der Waals surface area contributed by atoms with E-state index in [1.54, 1.807) is 0 Å². The van der Waals surface area contributed by atoms with E-state index in [4.69, 9.17) is 0 Å². The lowest BCUT2D eigenvalue weighted by atomic mass is 10.1. The Morgan fingerprint density at radius 1 is 1.19 bits per heavy atom. The van der Waals surface area contributed by atoms with Gasteiger partial charge in [-0.15, -0.1) is 15.0 Å². The molecule has 2 heterocycles. The van der Waals surface area contributed by atoms with Gasteiger partial charge in [0.1, 0.15) is 0 Å². The van der Waals surface area contributed by atoms with Crippen molar-refractivity contribution in [2.45, 2.75) is 26.7 Å². The molecular weight excluding hydrogens is 268 g/mol. The zero-order chi connectivity index (χ0) is 15.0. The van der Waals surface area contributed by atoms with Crippen LogP contribution in [0.5, 0.6) is 0 Å². The van der Waals surface area contributed by atoms with E-state index in [-0.39, 0.29) is 5.69 Å². The highest BCUT2D eigenvalue weighted by Gasteiger charge is 2.25. The van der Waals surface area contributed by atoms with Crippen molar-refractivity contribution in [3.05, 3.63) is 35.0 Å². The number of nitrogens with zero attached hydrogens (tertiary/aromatic N) is 4. The largest absolute Gasteiger partial charge is 0.476 e. The molecule has 110 valence electrons. The minimum absolute atomic E-state index is 0.0257.